The van der Waals surface area contributed by atoms with Gasteiger partial charge >= 0.3 is 0 Å². The van der Waals surface area contributed by atoms with E-state index >= 15 is 0 Å². The highest BCUT2D eigenvalue weighted by Gasteiger charge is 2.34. The summed E-state index contributed by atoms with van der Waals surface area (Å²) in [4.78, 5) is 4.23. The van der Waals surface area contributed by atoms with E-state index in [2.05, 4.69) is 15.5 Å². The van der Waals surface area contributed by atoms with Crippen molar-refractivity contribution in [1.82, 2.24) is 20.2 Å². The zero-order valence-electron chi connectivity index (χ0n) is 11.3. The summed E-state index contributed by atoms with van der Waals surface area (Å²) in [6, 6.07) is 6.18. The summed E-state index contributed by atoms with van der Waals surface area (Å²) >= 11 is 0. The minimum atomic E-state index is -0.358. The molecule has 0 radical (unpaired) electrons. The SMILES string of the molecule is Cn1ncnc1C(NN)C(C)(C)c1ccc(F)cc1. The van der Waals surface area contributed by atoms with Crippen LogP contribution >= 0.6 is 0 Å². The first-order valence-electron chi connectivity index (χ1n) is 6.03. The van der Waals surface area contributed by atoms with Gasteiger partial charge in [0.25, 0.3) is 0 Å². The molecule has 1 atom stereocenters. The second kappa shape index (κ2) is 5.07. The maximum absolute atomic E-state index is 13.0. The van der Waals surface area contributed by atoms with Gasteiger partial charge in [-0.15, -0.1) is 0 Å². The predicted molar refractivity (Wildman–Crippen MR) is 70.5 cm³/mol. The van der Waals surface area contributed by atoms with Crippen LogP contribution in [0.4, 0.5) is 4.39 Å². The molecule has 1 unspecified atom stereocenters. The van der Waals surface area contributed by atoms with Crippen LogP contribution in [0.5, 0.6) is 0 Å². The third-order valence-corrected chi connectivity index (χ3v) is 3.48. The van der Waals surface area contributed by atoms with Gasteiger partial charge in [-0.2, -0.15) is 5.10 Å². The van der Waals surface area contributed by atoms with Crippen LogP contribution in [-0.4, -0.2) is 14.8 Å². The fraction of sp³-hybridized carbons (Fsp3) is 0.385. The van der Waals surface area contributed by atoms with Crippen molar-refractivity contribution >= 4 is 0 Å². The van der Waals surface area contributed by atoms with E-state index in [1.807, 2.05) is 20.9 Å². The van der Waals surface area contributed by atoms with Gasteiger partial charge in [0.2, 0.25) is 0 Å². The van der Waals surface area contributed by atoms with Crippen molar-refractivity contribution in [2.24, 2.45) is 12.9 Å². The number of hydrogen-bond acceptors (Lipinski definition) is 4. The molecule has 6 heteroatoms. The Kier molecular flexibility index (Phi) is 3.64. The van der Waals surface area contributed by atoms with Gasteiger partial charge in [-0.25, -0.2) is 14.8 Å². The first-order chi connectivity index (χ1) is 8.96. The predicted octanol–water partition coefficient (Wildman–Crippen LogP) is 1.44. The molecule has 1 aromatic heterocycles. The molecule has 0 aliphatic heterocycles. The molecule has 0 bridgehead atoms. The normalized spacial score (nSPS) is 13.5. The molecular weight excluding hydrogens is 245 g/mol. The molecule has 102 valence electrons. The lowest BCUT2D eigenvalue weighted by Gasteiger charge is -2.33. The largest absolute Gasteiger partial charge is 0.271 e. The maximum Gasteiger partial charge on any atom is 0.145 e. The minimum absolute atomic E-state index is 0.231. The molecule has 5 nitrogen and oxygen atoms in total. The first-order valence-corrected chi connectivity index (χ1v) is 6.03. The second-order valence-corrected chi connectivity index (χ2v) is 5.07. The Balaban J connectivity index is 2.41. The molecule has 0 aliphatic rings. The lowest BCUT2D eigenvalue weighted by molar-refractivity contribution is 0.329. The third-order valence-electron chi connectivity index (χ3n) is 3.48. The van der Waals surface area contributed by atoms with E-state index in [1.165, 1.54) is 18.5 Å². The van der Waals surface area contributed by atoms with Gasteiger partial charge in [-0.3, -0.25) is 10.5 Å². The van der Waals surface area contributed by atoms with Crippen LogP contribution in [0, 0.1) is 5.82 Å². The summed E-state index contributed by atoms with van der Waals surface area (Å²) in [5.41, 5.74) is 3.40. The zero-order chi connectivity index (χ0) is 14.0. The van der Waals surface area contributed by atoms with Crippen molar-refractivity contribution in [3.05, 3.63) is 47.8 Å². The molecule has 0 saturated heterocycles. The van der Waals surface area contributed by atoms with E-state index in [0.717, 1.165) is 11.4 Å². The molecule has 0 spiro atoms. The van der Waals surface area contributed by atoms with Crippen LogP contribution in [0.15, 0.2) is 30.6 Å². The summed E-state index contributed by atoms with van der Waals surface area (Å²) in [6.07, 6.45) is 1.49. The standard InChI is InChI=1S/C13H18FN5/c1-13(2,9-4-6-10(14)7-5-9)11(18-15)12-16-8-17-19(12)3/h4-8,11,18H,15H2,1-3H3. The molecule has 1 heterocycles. The van der Waals surface area contributed by atoms with Crippen LogP contribution < -0.4 is 11.3 Å². The van der Waals surface area contributed by atoms with Gasteiger partial charge in [-0.05, 0) is 17.7 Å². The van der Waals surface area contributed by atoms with Crippen molar-refractivity contribution in [3.8, 4) is 0 Å². The molecule has 1 aromatic carbocycles. The van der Waals surface area contributed by atoms with Crippen LogP contribution in [-0.2, 0) is 12.5 Å². The molecule has 19 heavy (non-hydrogen) atoms. The van der Waals surface area contributed by atoms with Crippen LogP contribution in [0.25, 0.3) is 0 Å². The molecule has 0 aliphatic carbocycles. The third kappa shape index (κ3) is 2.50. The number of nitrogens with zero attached hydrogens (tertiary/aromatic N) is 3. The number of halogens is 1. The summed E-state index contributed by atoms with van der Waals surface area (Å²) in [5, 5.41) is 4.06. The highest BCUT2D eigenvalue weighted by molar-refractivity contribution is 5.28. The monoisotopic (exact) mass is 263 g/mol. The van der Waals surface area contributed by atoms with Gasteiger partial charge in [-0.1, -0.05) is 26.0 Å². The summed E-state index contributed by atoms with van der Waals surface area (Å²) in [6.45, 7) is 4.05. The Bertz CT molecular complexity index is 546. The highest BCUT2D eigenvalue weighted by Crippen LogP contribution is 2.35. The van der Waals surface area contributed by atoms with E-state index in [4.69, 9.17) is 5.84 Å². The number of hydrogen-bond donors (Lipinski definition) is 2. The second-order valence-electron chi connectivity index (χ2n) is 5.07. The number of nitrogens with two attached hydrogens (primary N) is 1. The van der Waals surface area contributed by atoms with E-state index in [9.17, 15) is 4.39 Å². The molecule has 0 fully saturated rings. The number of rotatable bonds is 4. The molecule has 0 saturated carbocycles. The molecule has 0 amide bonds. The topological polar surface area (TPSA) is 68.8 Å². The van der Waals surface area contributed by atoms with E-state index in [1.54, 1.807) is 16.8 Å². The Morgan fingerprint density at radius 3 is 2.42 bits per heavy atom. The van der Waals surface area contributed by atoms with Crippen LogP contribution in [0.2, 0.25) is 0 Å². The molecule has 3 N–H and O–H groups in total. The maximum atomic E-state index is 13.0. The number of nitrogens with one attached hydrogen (secondary N) is 1. The lowest BCUT2D eigenvalue weighted by Crippen LogP contribution is -2.42. The van der Waals surface area contributed by atoms with Gasteiger partial charge in [0.15, 0.2) is 0 Å². The van der Waals surface area contributed by atoms with Gasteiger partial charge in [0.05, 0.1) is 6.04 Å². The smallest absolute Gasteiger partial charge is 0.145 e. The quantitative estimate of drug-likeness (QED) is 0.647. The Hall–Kier alpha value is -1.79. The fourth-order valence-corrected chi connectivity index (χ4v) is 2.22. The number of hydrazine groups is 1. The molecular formula is C13H18FN5. The molecule has 2 rings (SSSR count). The highest BCUT2D eigenvalue weighted by atomic mass is 19.1. The van der Waals surface area contributed by atoms with Gasteiger partial charge < -0.3 is 0 Å². The van der Waals surface area contributed by atoms with E-state index in [-0.39, 0.29) is 17.3 Å². The summed E-state index contributed by atoms with van der Waals surface area (Å²) < 4.78 is 14.7. The minimum Gasteiger partial charge on any atom is -0.271 e. The van der Waals surface area contributed by atoms with Gasteiger partial charge in [0.1, 0.15) is 18.0 Å². The zero-order valence-corrected chi connectivity index (χ0v) is 11.3. The number of aromatic nitrogens is 3. The summed E-state index contributed by atoms with van der Waals surface area (Å²) in [7, 11) is 1.81. The van der Waals surface area contributed by atoms with E-state index < -0.39 is 0 Å². The van der Waals surface area contributed by atoms with Crippen molar-refractivity contribution in [2.75, 3.05) is 0 Å². The van der Waals surface area contributed by atoms with Crippen LogP contribution in [0.1, 0.15) is 31.3 Å². The number of aryl methyl sites for hydroxylation is 1. The Morgan fingerprint density at radius 1 is 1.32 bits per heavy atom. The Labute approximate surface area is 111 Å². The molecule has 2 aromatic rings. The van der Waals surface area contributed by atoms with Gasteiger partial charge in [0, 0.05) is 12.5 Å². The Morgan fingerprint density at radius 2 is 1.95 bits per heavy atom. The van der Waals surface area contributed by atoms with Crippen LogP contribution in [0.3, 0.4) is 0 Å². The van der Waals surface area contributed by atoms with Crippen molar-refractivity contribution < 1.29 is 4.39 Å². The average Bonchev–Trinajstić information content (AvgIpc) is 2.77. The lowest BCUT2D eigenvalue weighted by atomic mass is 9.77. The summed E-state index contributed by atoms with van der Waals surface area (Å²) in [5.74, 6) is 6.16. The first kappa shape index (κ1) is 13.6. The number of benzene rings is 1. The van der Waals surface area contributed by atoms with Crippen molar-refractivity contribution in [3.63, 3.8) is 0 Å². The fourth-order valence-electron chi connectivity index (χ4n) is 2.22. The average molecular weight is 263 g/mol. The van der Waals surface area contributed by atoms with Crippen molar-refractivity contribution in [2.45, 2.75) is 25.3 Å². The van der Waals surface area contributed by atoms with Crippen molar-refractivity contribution in [1.29, 1.82) is 0 Å². The van der Waals surface area contributed by atoms with E-state index in [0.29, 0.717) is 0 Å².